The second kappa shape index (κ2) is 9.98. The standard InChI is InChI=1S/C18H26ClN5/c1-3-20-18(21-10-5-7-16-13-23-24-14(16)2)22-11-9-15-6-4-8-17(19)12-15/h4,6,8,12-13H,3,5,7,9-11H2,1-2H3,(H,23,24)(H2,20,21,22). The average Bonchev–Trinajstić information content (AvgIpc) is 2.97. The molecule has 0 unspecified atom stereocenters. The number of aliphatic imine (C=N–C) groups is 1. The lowest BCUT2D eigenvalue weighted by atomic mass is 10.1. The summed E-state index contributed by atoms with van der Waals surface area (Å²) in [5, 5.41) is 14.4. The van der Waals surface area contributed by atoms with Crippen molar-refractivity contribution < 1.29 is 0 Å². The van der Waals surface area contributed by atoms with Gasteiger partial charge in [-0.05, 0) is 56.4 Å². The second-order valence-electron chi connectivity index (χ2n) is 5.69. The van der Waals surface area contributed by atoms with Crippen LogP contribution in [0, 0.1) is 6.92 Å². The molecule has 6 heteroatoms. The predicted molar refractivity (Wildman–Crippen MR) is 101 cm³/mol. The molecule has 2 rings (SSSR count). The molecule has 1 aromatic heterocycles. The molecule has 24 heavy (non-hydrogen) atoms. The molecule has 1 heterocycles. The fourth-order valence-corrected chi connectivity index (χ4v) is 2.66. The van der Waals surface area contributed by atoms with Gasteiger partial charge in [0.25, 0.3) is 0 Å². The Kier molecular flexibility index (Phi) is 7.62. The topological polar surface area (TPSA) is 65.1 Å². The van der Waals surface area contributed by atoms with Gasteiger partial charge in [-0.15, -0.1) is 0 Å². The van der Waals surface area contributed by atoms with Crippen LogP contribution >= 0.6 is 11.6 Å². The first-order chi connectivity index (χ1) is 11.7. The zero-order valence-electron chi connectivity index (χ0n) is 14.4. The van der Waals surface area contributed by atoms with E-state index in [1.54, 1.807) is 0 Å². The third-order valence-electron chi connectivity index (χ3n) is 3.75. The summed E-state index contributed by atoms with van der Waals surface area (Å²) in [4.78, 5) is 4.63. The Morgan fingerprint density at radius 2 is 2.17 bits per heavy atom. The lowest BCUT2D eigenvalue weighted by Gasteiger charge is -2.11. The fourth-order valence-electron chi connectivity index (χ4n) is 2.45. The van der Waals surface area contributed by atoms with Crippen molar-refractivity contribution in [3.05, 3.63) is 52.3 Å². The van der Waals surface area contributed by atoms with E-state index in [9.17, 15) is 0 Å². The Morgan fingerprint density at radius 3 is 2.88 bits per heavy atom. The first-order valence-corrected chi connectivity index (χ1v) is 8.82. The van der Waals surface area contributed by atoms with Gasteiger partial charge in [-0.1, -0.05) is 23.7 Å². The molecule has 0 aliphatic rings. The van der Waals surface area contributed by atoms with Crippen molar-refractivity contribution in [1.29, 1.82) is 0 Å². The number of aromatic nitrogens is 2. The van der Waals surface area contributed by atoms with E-state index in [0.29, 0.717) is 0 Å². The molecule has 0 fully saturated rings. The Balaban J connectivity index is 1.74. The summed E-state index contributed by atoms with van der Waals surface area (Å²) in [6.45, 7) is 6.59. The van der Waals surface area contributed by atoms with Crippen molar-refractivity contribution in [3.8, 4) is 0 Å². The highest BCUT2D eigenvalue weighted by atomic mass is 35.5. The van der Waals surface area contributed by atoms with Gasteiger partial charge < -0.3 is 10.6 Å². The van der Waals surface area contributed by atoms with Gasteiger partial charge in [0, 0.05) is 30.4 Å². The van der Waals surface area contributed by atoms with Crippen LogP contribution < -0.4 is 10.6 Å². The van der Waals surface area contributed by atoms with Gasteiger partial charge in [0.1, 0.15) is 0 Å². The molecular formula is C18H26ClN5. The van der Waals surface area contributed by atoms with E-state index in [1.807, 2.05) is 31.3 Å². The summed E-state index contributed by atoms with van der Waals surface area (Å²) < 4.78 is 0. The quantitative estimate of drug-likeness (QED) is 0.390. The third kappa shape index (κ3) is 6.24. The molecular weight excluding hydrogens is 322 g/mol. The maximum atomic E-state index is 6.01. The molecule has 130 valence electrons. The zero-order chi connectivity index (χ0) is 17.2. The summed E-state index contributed by atoms with van der Waals surface area (Å²) in [7, 11) is 0. The number of rotatable bonds is 8. The van der Waals surface area contributed by atoms with Crippen LogP contribution in [0.1, 0.15) is 30.2 Å². The summed E-state index contributed by atoms with van der Waals surface area (Å²) in [6, 6.07) is 7.96. The minimum absolute atomic E-state index is 0.780. The molecule has 5 nitrogen and oxygen atoms in total. The maximum Gasteiger partial charge on any atom is 0.191 e. The van der Waals surface area contributed by atoms with Crippen molar-refractivity contribution in [3.63, 3.8) is 0 Å². The minimum atomic E-state index is 0.780. The number of hydrogen-bond donors (Lipinski definition) is 3. The van der Waals surface area contributed by atoms with Crippen molar-refractivity contribution in [2.75, 3.05) is 19.6 Å². The van der Waals surface area contributed by atoms with Crippen LogP contribution in [0.4, 0.5) is 0 Å². The number of aryl methyl sites for hydroxylation is 2. The highest BCUT2D eigenvalue weighted by Crippen LogP contribution is 2.10. The van der Waals surface area contributed by atoms with Gasteiger partial charge in [-0.2, -0.15) is 5.10 Å². The Morgan fingerprint density at radius 1 is 1.29 bits per heavy atom. The van der Waals surface area contributed by atoms with Crippen LogP contribution in [0.2, 0.25) is 5.02 Å². The third-order valence-corrected chi connectivity index (χ3v) is 3.98. The molecule has 0 aliphatic carbocycles. The molecule has 0 aliphatic heterocycles. The average molecular weight is 348 g/mol. The fraction of sp³-hybridized carbons (Fsp3) is 0.444. The summed E-state index contributed by atoms with van der Waals surface area (Å²) in [5.41, 5.74) is 3.64. The summed E-state index contributed by atoms with van der Waals surface area (Å²) >= 11 is 6.01. The highest BCUT2D eigenvalue weighted by Gasteiger charge is 2.01. The molecule has 3 N–H and O–H groups in total. The number of H-pyrrole nitrogens is 1. The first kappa shape index (κ1) is 18.3. The van der Waals surface area contributed by atoms with E-state index < -0.39 is 0 Å². The largest absolute Gasteiger partial charge is 0.357 e. The van der Waals surface area contributed by atoms with Gasteiger partial charge in [0.2, 0.25) is 0 Å². The molecule has 0 atom stereocenters. The highest BCUT2D eigenvalue weighted by molar-refractivity contribution is 6.30. The van der Waals surface area contributed by atoms with Crippen molar-refractivity contribution in [1.82, 2.24) is 20.8 Å². The number of halogens is 1. The van der Waals surface area contributed by atoms with Gasteiger partial charge in [-0.25, -0.2) is 0 Å². The van der Waals surface area contributed by atoms with Crippen molar-refractivity contribution in [2.45, 2.75) is 33.1 Å². The van der Waals surface area contributed by atoms with Gasteiger partial charge >= 0.3 is 0 Å². The van der Waals surface area contributed by atoms with E-state index in [-0.39, 0.29) is 0 Å². The normalized spacial score (nSPS) is 11.5. The predicted octanol–water partition coefficient (Wildman–Crippen LogP) is 3.10. The lowest BCUT2D eigenvalue weighted by Crippen LogP contribution is -2.38. The zero-order valence-corrected chi connectivity index (χ0v) is 15.2. The summed E-state index contributed by atoms with van der Waals surface area (Å²) in [6.07, 6.45) is 4.81. The van der Waals surface area contributed by atoms with Crippen LogP contribution in [0.5, 0.6) is 0 Å². The molecule has 2 aromatic rings. The van der Waals surface area contributed by atoms with Crippen LogP contribution in [0.25, 0.3) is 0 Å². The minimum Gasteiger partial charge on any atom is -0.357 e. The van der Waals surface area contributed by atoms with Crippen LogP contribution in [-0.4, -0.2) is 35.8 Å². The second-order valence-corrected chi connectivity index (χ2v) is 6.13. The van der Waals surface area contributed by atoms with Gasteiger partial charge in [0.05, 0.1) is 6.20 Å². The first-order valence-electron chi connectivity index (χ1n) is 8.44. The number of guanidine groups is 1. The number of nitrogens with one attached hydrogen (secondary N) is 3. The number of hydrogen-bond acceptors (Lipinski definition) is 2. The summed E-state index contributed by atoms with van der Waals surface area (Å²) in [5.74, 6) is 0.864. The Labute approximate surface area is 148 Å². The van der Waals surface area contributed by atoms with E-state index in [1.165, 1.54) is 11.1 Å². The van der Waals surface area contributed by atoms with Crippen LogP contribution in [-0.2, 0) is 12.8 Å². The van der Waals surface area contributed by atoms with Gasteiger partial charge in [0.15, 0.2) is 5.96 Å². The van der Waals surface area contributed by atoms with Crippen LogP contribution in [0.3, 0.4) is 0 Å². The van der Waals surface area contributed by atoms with E-state index in [4.69, 9.17) is 11.6 Å². The van der Waals surface area contributed by atoms with Crippen LogP contribution in [0.15, 0.2) is 35.5 Å². The SMILES string of the molecule is CCNC(=NCCCc1cn[nH]c1C)NCCc1cccc(Cl)c1. The molecule has 1 aromatic carbocycles. The molecule has 0 saturated heterocycles. The van der Waals surface area contributed by atoms with Crippen molar-refractivity contribution in [2.24, 2.45) is 4.99 Å². The smallest absolute Gasteiger partial charge is 0.191 e. The molecule has 0 radical (unpaired) electrons. The van der Waals surface area contributed by atoms with Crippen molar-refractivity contribution >= 4 is 17.6 Å². The van der Waals surface area contributed by atoms with E-state index in [0.717, 1.165) is 55.6 Å². The molecule has 0 bridgehead atoms. The molecule has 0 spiro atoms. The van der Waals surface area contributed by atoms with E-state index >= 15 is 0 Å². The monoisotopic (exact) mass is 347 g/mol. The number of benzene rings is 1. The van der Waals surface area contributed by atoms with Gasteiger partial charge in [-0.3, -0.25) is 10.1 Å². The number of aromatic amines is 1. The maximum absolute atomic E-state index is 6.01. The molecule has 0 amide bonds. The lowest BCUT2D eigenvalue weighted by molar-refractivity contribution is 0.776. The Bertz CT molecular complexity index is 650. The number of nitrogens with zero attached hydrogens (tertiary/aromatic N) is 2. The molecule has 0 saturated carbocycles. The van der Waals surface area contributed by atoms with E-state index in [2.05, 4.69) is 38.8 Å². The Hall–Kier alpha value is -2.01.